The molecule has 8 heteroatoms. The molecule has 2 aromatic carbocycles. The van der Waals surface area contributed by atoms with Crippen LogP contribution < -0.4 is 9.47 Å². The molecule has 0 amide bonds. The summed E-state index contributed by atoms with van der Waals surface area (Å²) in [5, 5.41) is 4.43. The van der Waals surface area contributed by atoms with E-state index in [4.69, 9.17) is 23.7 Å². The van der Waals surface area contributed by atoms with Gasteiger partial charge in [0.15, 0.2) is 6.29 Å². The van der Waals surface area contributed by atoms with Crippen LogP contribution in [0.4, 0.5) is 0 Å². The molecule has 0 unspecified atom stereocenters. The molecule has 0 radical (unpaired) electrons. The van der Waals surface area contributed by atoms with Crippen molar-refractivity contribution >= 4 is 5.97 Å². The van der Waals surface area contributed by atoms with Crippen molar-refractivity contribution in [2.75, 3.05) is 27.4 Å². The molecule has 0 N–H and O–H groups in total. The molecule has 162 valence electrons. The van der Waals surface area contributed by atoms with Crippen LogP contribution in [-0.2, 0) is 32.0 Å². The number of rotatable bonds is 8. The van der Waals surface area contributed by atoms with Crippen LogP contribution in [0.3, 0.4) is 0 Å². The Morgan fingerprint density at radius 3 is 2.61 bits per heavy atom. The molecule has 8 nitrogen and oxygen atoms in total. The molecule has 4 rings (SSSR count). The lowest BCUT2D eigenvalue weighted by Gasteiger charge is -2.20. The van der Waals surface area contributed by atoms with Crippen molar-refractivity contribution in [2.45, 2.75) is 19.3 Å². The average Bonchev–Trinajstić information content (AvgIpc) is 3.50. The van der Waals surface area contributed by atoms with Gasteiger partial charge in [0.2, 0.25) is 0 Å². The number of aromatic nitrogens is 2. The predicted molar refractivity (Wildman–Crippen MR) is 111 cm³/mol. The highest BCUT2D eigenvalue weighted by Gasteiger charge is 2.28. The third-order valence-corrected chi connectivity index (χ3v) is 4.88. The number of carbonyl (C=O) groups excluding carboxylic acids is 1. The largest absolute Gasteiger partial charge is 0.497 e. The fourth-order valence-corrected chi connectivity index (χ4v) is 3.33. The molecular formula is C23H24N2O6. The first-order valence-corrected chi connectivity index (χ1v) is 9.90. The van der Waals surface area contributed by atoms with Crippen LogP contribution in [0.25, 0.3) is 5.69 Å². The number of methoxy groups -OCH3 is 2. The van der Waals surface area contributed by atoms with E-state index in [1.165, 1.54) is 7.11 Å². The van der Waals surface area contributed by atoms with Crippen molar-refractivity contribution in [1.82, 2.24) is 9.78 Å². The van der Waals surface area contributed by atoms with Gasteiger partial charge in [0, 0.05) is 23.9 Å². The van der Waals surface area contributed by atoms with Crippen LogP contribution in [0.5, 0.6) is 11.5 Å². The molecule has 1 aliphatic rings. The number of nitrogens with zero attached hydrogens (tertiary/aromatic N) is 2. The van der Waals surface area contributed by atoms with Crippen LogP contribution in [-0.4, -0.2) is 43.2 Å². The van der Waals surface area contributed by atoms with Crippen LogP contribution in [0.1, 0.15) is 23.0 Å². The maximum Gasteiger partial charge on any atom is 0.310 e. The molecule has 0 atom stereocenters. The summed E-state index contributed by atoms with van der Waals surface area (Å²) in [6.07, 6.45) is 2.93. The van der Waals surface area contributed by atoms with Gasteiger partial charge in [0.05, 0.1) is 51.3 Å². The van der Waals surface area contributed by atoms with Gasteiger partial charge in [-0.05, 0) is 5.56 Å². The average molecular weight is 424 g/mol. The van der Waals surface area contributed by atoms with Crippen molar-refractivity contribution in [3.63, 3.8) is 0 Å². The Balaban J connectivity index is 1.73. The smallest absolute Gasteiger partial charge is 0.310 e. The van der Waals surface area contributed by atoms with Gasteiger partial charge < -0.3 is 23.7 Å². The Morgan fingerprint density at radius 2 is 1.90 bits per heavy atom. The number of hydrogen-bond acceptors (Lipinski definition) is 7. The SMILES string of the molecule is COC(=O)Cc1cnn(-c2cc(OC)cc(OCc3ccccc3)c2C2OCCO2)c1. The van der Waals surface area contributed by atoms with Crippen molar-refractivity contribution in [3.05, 3.63) is 71.5 Å². The van der Waals surface area contributed by atoms with Crippen molar-refractivity contribution in [2.24, 2.45) is 0 Å². The highest BCUT2D eigenvalue weighted by atomic mass is 16.7. The summed E-state index contributed by atoms with van der Waals surface area (Å²) in [4.78, 5) is 11.6. The van der Waals surface area contributed by atoms with E-state index in [0.29, 0.717) is 42.6 Å². The topological polar surface area (TPSA) is 81.0 Å². The Kier molecular flexibility index (Phi) is 6.49. The Labute approximate surface area is 180 Å². The van der Waals surface area contributed by atoms with Crippen molar-refractivity contribution in [1.29, 1.82) is 0 Å². The summed E-state index contributed by atoms with van der Waals surface area (Å²) in [6.45, 7) is 1.35. The second-order valence-electron chi connectivity index (χ2n) is 6.95. The molecule has 2 heterocycles. The monoisotopic (exact) mass is 424 g/mol. The minimum atomic E-state index is -0.597. The zero-order valence-corrected chi connectivity index (χ0v) is 17.4. The number of ether oxygens (including phenoxy) is 5. The first-order valence-electron chi connectivity index (χ1n) is 9.90. The van der Waals surface area contributed by atoms with Gasteiger partial charge in [-0.3, -0.25) is 4.79 Å². The lowest BCUT2D eigenvalue weighted by molar-refractivity contribution is -0.139. The minimum absolute atomic E-state index is 0.129. The first kappa shape index (κ1) is 20.9. The van der Waals surface area contributed by atoms with Gasteiger partial charge in [-0.2, -0.15) is 5.10 Å². The molecule has 1 aromatic heterocycles. The summed E-state index contributed by atoms with van der Waals surface area (Å²) in [5.41, 5.74) is 3.15. The van der Waals surface area contributed by atoms with Gasteiger partial charge in [0.25, 0.3) is 0 Å². The maximum atomic E-state index is 11.6. The first-order chi connectivity index (χ1) is 15.2. The zero-order chi connectivity index (χ0) is 21.6. The lowest BCUT2D eigenvalue weighted by Crippen LogP contribution is -2.10. The highest BCUT2D eigenvalue weighted by Crippen LogP contribution is 2.39. The molecule has 0 bridgehead atoms. The number of hydrogen-bond donors (Lipinski definition) is 0. The summed E-state index contributed by atoms with van der Waals surface area (Å²) >= 11 is 0. The zero-order valence-electron chi connectivity index (χ0n) is 17.4. The standard InChI is InChI=1S/C23H24N2O6/c1-27-18-11-19(25-14-17(13-24-25)10-21(26)28-2)22(23-29-8-9-30-23)20(12-18)31-15-16-6-4-3-5-7-16/h3-7,11-14,23H,8-10,15H2,1-2H3. The predicted octanol–water partition coefficient (Wildman–Crippen LogP) is 3.22. The number of benzene rings is 2. The maximum absolute atomic E-state index is 11.6. The van der Waals surface area contributed by atoms with Gasteiger partial charge in [-0.1, -0.05) is 30.3 Å². The molecule has 0 spiro atoms. The Bertz CT molecular complexity index is 1030. The second kappa shape index (κ2) is 9.63. The van der Waals surface area contributed by atoms with Gasteiger partial charge in [-0.25, -0.2) is 4.68 Å². The summed E-state index contributed by atoms with van der Waals surface area (Å²) in [7, 11) is 2.95. The van der Waals surface area contributed by atoms with E-state index in [0.717, 1.165) is 11.1 Å². The quantitative estimate of drug-likeness (QED) is 0.514. The van der Waals surface area contributed by atoms with Crippen LogP contribution in [0.15, 0.2) is 54.9 Å². The normalized spacial score (nSPS) is 13.9. The van der Waals surface area contributed by atoms with E-state index in [-0.39, 0.29) is 12.4 Å². The van der Waals surface area contributed by atoms with E-state index in [9.17, 15) is 4.79 Å². The molecule has 1 aliphatic heterocycles. The summed E-state index contributed by atoms with van der Waals surface area (Å²) in [5.74, 6) is 0.847. The molecule has 1 fully saturated rings. The molecule has 31 heavy (non-hydrogen) atoms. The summed E-state index contributed by atoms with van der Waals surface area (Å²) in [6, 6.07) is 13.5. The molecule has 0 aliphatic carbocycles. The molecule has 0 saturated carbocycles. The summed E-state index contributed by atoms with van der Waals surface area (Å²) < 4.78 is 29.7. The van der Waals surface area contributed by atoms with Crippen molar-refractivity contribution in [3.8, 4) is 17.2 Å². The van der Waals surface area contributed by atoms with Gasteiger partial charge in [-0.15, -0.1) is 0 Å². The van der Waals surface area contributed by atoms with Crippen LogP contribution in [0.2, 0.25) is 0 Å². The highest BCUT2D eigenvalue weighted by molar-refractivity contribution is 5.72. The molecule has 3 aromatic rings. The molecular weight excluding hydrogens is 400 g/mol. The van der Waals surface area contributed by atoms with Crippen molar-refractivity contribution < 1.29 is 28.5 Å². The van der Waals surface area contributed by atoms with E-state index >= 15 is 0 Å². The van der Waals surface area contributed by atoms with Gasteiger partial charge in [0.1, 0.15) is 18.1 Å². The van der Waals surface area contributed by atoms with E-state index < -0.39 is 6.29 Å². The van der Waals surface area contributed by atoms with Gasteiger partial charge >= 0.3 is 5.97 Å². The van der Waals surface area contributed by atoms with Crippen LogP contribution in [0, 0.1) is 0 Å². The lowest BCUT2D eigenvalue weighted by atomic mass is 10.1. The third kappa shape index (κ3) is 4.87. The van der Waals surface area contributed by atoms with E-state index in [1.807, 2.05) is 42.5 Å². The van der Waals surface area contributed by atoms with Crippen LogP contribution >= 0.6 is 0 Å². The number of esters is 1. The number of carbonyl (C=O) groups is 1. The van der Waals surface area contributed by atoms with E-state index in [2.05, 4.69) is 5.10 Å². The Hall–Kier alpha value is -3.36. The fraction of sp³-hybridized carbons (Fsp3) is 0.304. The Morgan fingerprint density at radius 1 is 1.13 bits per heavy atom. The second-order valence-corrected chi connectivity index (χ2v) is 6.95. The third-order valence-electron chi connectivity index (χ3n) is 4.88. The minimum Gasteiger partial charge on any atom is -0.497 e. The fourth-order valence-electron chi connectivity index (χ4n) is 3.33. The van der Waals surface area contributed by atoms with E-state index in [1.54, 1.807) is 24.2 Å². The molecule has 1 saturated heterocycles.